The van der Waals surface area contributed by atoms with Crippen molar-refractivity contribution in [3.05, 3.63) is 110 Å². The molecule has 8 rings (SSSR count). The van der Waals surface area contributed by atoms with Gasteiger partial charge in [0.1, 0.15) is 12.4 Å². The molecule has 2 atom stereocenters. The number of carbonyl (C=O) groups excluding carboxylic acids is 9. The Morgan fingerprint density at radius 2 is 1.22 bits per heavy atom. The molecule has 4 N–H and O–H groups in total. The second kappa shape index (κ2) is 36.8. The summed E-state index contributed by atoms with van der Waals surface area (Å²) in [5, 5.41) is 20.3. The number of aryl methyl sites for hydroxylation is 2. The van der Waals surface area contributed by atoms with E-state index in [4.69, 9.17) is 47.6 Å². The first kappa shape index (κ1) is 71.3. The Morgan fingerprint density at radius 1 is 0.634 bits per heavy atom. The number of benzene rings is 2. The number of aromatic nitrogens is 2. The molecule has 25 heteroatoms. The van der Waals surface area contributed by atoms with E-state index in [-0.39, 0.29) is 149 Å². The molecule has 3 amide bonds. The first-order chi connectivity index (χ1) is 45.1. The third-order valence-corrected chi connectivity index (χ3v) is 16.6. The highest BCUT2D eigenvalue weighted by atomic mass is 16.6. The van der Waals surface area contributed by atoms with Gasteiger partial charge in [0.2, 0.25) is 17.7 Å². The first-order valence-corrected chi connectivity index (χ1v) is 32.1. The molecule has 2 aromatic carbocycles. The second-order valence-electron chi connectivity index (χ2n) is 23.1. The van der Waals surface area contributed by atoms with Gasteiger partial charge < -0.3 is 68.3 Å². The molecule has 4 heterocycles. The number of rotatable bonds is 45. The number of hydrogen-bond donors (Lipinski definition) is 4. The van der Waals surface area contributed by atoms with Gasteiger partial charge in [-0.1, -0.05) is 43.3 Å². The molecule has 2 aromatic heterocycles. The summed E-state index contributed by atoms with van der Waals surface area (Å²) in [6, 6.07) is 14.6. The van der Waals surface area contributed by atoms with E-state index in [0.29, 0.717) is 122 Å². The molecule has 2 aliphatic heterocycles. The van der Waals surface area contributed by atoms with Gasteiger partial charge in [0.05, 0.1) is 154 Å². The van der Waals surface area contributed by atoms with Crippen LogP contribution >= 0.6 is 0 Å². The number of pyridine rings is 2. The molecular formula is C68H85N5O20. The number of esters is 1. The number of carbonyl (C=O) groups is 9. The number of nitrogens with one attached hydrogen (secondary N) is 3. The van der Waals surface area contributed by atoms with E-state index in [9.17, 15) is 53.1 Å². The summed E-state index contributed by atoms with van der Waals surface area (Å²) in [5.74, 6) is -4.83. The standard InChI is InChI=1S/C68H85N5O20/c1-2-68(84)56-40-58-64-54(43-73(58)66(82)55(56)44-93-67(68)83)52-10-6-9-51-46(11-14-57(72-64)63(51)52)38-49(75)42-71-65(81)47(37-45-7-4-3-5-8-45)39-50(76)41-70-62(80)17-12-48(74)19-21-85-23-25-87-27-29-89-31-33-91-35-36-92-34-32-90-30-28-88-26-24-86-22-20-69-61(79)18-13-53-59(77)15-16-60(53)78/h3-5,7-8,11,14-16,40,47,53,84H,2,6,9-10,12-13,17-39,41-44H2,1H3,(H,69,79)(H,70,80)(H,71,81)/t47?,68-/m0/s1. The molecule has 0 saturated carbocycles. The van der Waals surface area contributed by atoms with Crippen molar-refractivity contribution in [2.45, 2.75) is 103 Å². The molecule has 0 bridgehead atoms. The topological polar surface area (TPSA) is 328 Å². The molecule has 2 aliphatic carbocycles. The third-order valence-electron chi connectivity index (χ3n) is 16.6. The van der Waals surface area contributed by atoms with E-state index >= 15 is 0 Å². The highest BCUT2D eigenvalue weighted by molar-refractivity contribution is 6.18. The minimum Gasteiger partial charge on any atom is -0.458 e. The zero-order chi connectivity index (χ0) is 66.0. The zero-order valence-electron chi connectivity index (χ0n) is 52.9. The smallest absolute Gasteiger partial charge is 0.343 e. The zero-order valence-corrected chi connectivity index (χ0v) is 52.9. The maximum absolute atomic E-state index is 13.9. The van der Waals surface area contributed by atoms with Crippen molar-refractivity contribution in [3.63, 3.8) is 0 Å². The van der Waals surface area contributed by atoms with E-state index in [1.807, 2.05) is 42.5 Å². The Morgan fingerprint density at radius 3 is 1.84 bits per heavy atom. The Hall–Kier alpha value is -7.59. The van der Waals surface area contributed by atoms with Gasteiger partial charge in [0.25, 0.3) is 5.56 Å². The summed E-state index contributed by atoms with van der Waals surface area (Å²) in [4.78, 5) is 133. The van der Waals surface area contributed by atoms with Gasteiger partial charge in [0, 0.05) is 67.5 Å². The normalized spacial score (nSPS) is 15.8. The number of cyclic esters (lactones) is 1. The number of Topliss-reactive ketones (excluding diaryl/α,β-unsaturated/α-hetero) is 3. The number of hydrogen-bond acceptors (Lipinski definition) is 21. The van der Waals surface area contributed by atoms with Gasteiger partial charge in [-0.2, -0.15) is 0 Å². The summed E-state index contributed by atoms with van der Waals surface area (Å²) in [6.45, 7) is 7.15. The number of ketones is 5. The largest absolute Gasteiger partial charge is 0.458 e. The van der Waals surface area contributed by atoms with Crippen molar-refractivity contribution >= 4 is 63.5 Å². The van der Waals surface area contributed by atoms with Crippen LogP contribution in [0.3, 0.4) is 0 Å². The van der Waals surface area contributed by atoms with Crippen LogP contribution in [-0.4, -0.2) is 193 Å². The quantitative estimate of drug-likeness (QED) is 0.0247. The Bertz CT molecular complexity index is 3370. The summed E-state index contributed by atoms with van der Waals surface area (Å²) >= 11 is 0. The summed E-state index contributed by atoms with van der Waals surface area (Å²) in [5.41, 5.74) is 4.65. The lowest BCUT2D eigenvalue weighted by Crippen LogP contribution is -2.44. The second-order valence-corrected chi connectivity index (χ2v) is 23.1. The van der Waals surface area contributed by atoms with Crippen LogP contribution in [0, 0.1) is 11.8 Å². The highest BCUT2D eigenvalue weighted by Crippen LogP contribution is 2.43. The van der Waals surface area contributed by atoms with Crippen molar-refractivity contribution in [3.8, 4) is 11.4 Å². The highest BCUT2D eigenvalue weighted by Gasteiger charge is 2.46. The van der Waals surface area contributed by atoms with Crippen molar-refractivity contribution in [1.82, 2.24) is 25.5 Å². The number of aliphatic hydroxyl groups is 1. The minimum atomic E-state index is -1.94. The van der Waals surface area contributed by atoms with Crippen LogP contribution < -0.4 is 21.5 Å². The van der Waals surface area contributed by atoms with Crippen LogP contribution in [0.15, 0.2) is 65.5 Å². The number of allylic oxidation sites excluding steroid dienone is 2. The molecular weight excluding hydrogens is 1210 g/mol. The molecule has 4 aromatic rings. The van der Waals surface area contributed by atoms with E-state index in [2.05, 4.69) is 16.0 Å². The van der Waals surface area contributed by atoms with Crippen LogP contribution in [0.4, 0.5) is 0 Å². The molecule has 0 radical (unpaired) electrons. The fraction of sp³-hybridized carbons (Fsp3) is 0.544. The molecule has 4 aliphatic rings. The van der Waals surface area contributed by atoms with Gasteiger partial charge in [-0.3, -0.25) is 43.2 Å². The van der Waals surface area contributed by atoms with Crippen molar-refractivity contribution < 1.29 is 90.9 Å². The Labute approximate surface area is 539 Å². The minimum absolute atomic E-state index is 0.0352. The van der Waals surface area contributed by atoms with E-state index in [1.54, 1.807) is 17.6 Å². The predicted molar refractivity (Wildman–Crippen MR) is 335 cm³/mol. The maximum atomic E-state index is 13.9. The molecule has 25 nitrogen and oxygen atoms in total. The van der Waals surface area contributed by atoms with Crippen LogP contribution in [-0.2, 0) is 130 Å². The number of amides is 3. The fourth-order valence-corrected chi connectivity index (χ4v) is 11.6. The fourth-order valence-electron chi connectivity index (χ4n) is 11.6. The lowest BCUT2D eigenvalue weighted by atomic mass is 9.83. The van der Waals surface area contributed by atoms with E-state index in [1.165, 1.54) is 12.2 Å². The Balaban J connectivity index is 0.617. The third kappa shape index (κ3) is 20.7. The van der Waals surface area contributed by atoms with Crippen LogP contribution in [0.1, 0.15) is 97.2 Å². The van der Waals surface area contributed by atoms with Crippen molar-refractivity contribution in [2.24, 2.45) is 11.8 Å². The molecule has 1 unspecified atom stereocenters. The lowest BCUT2D eigenvalue weighted by Gasteiger charge is -2.31. The molecule has 0 fully saturated rings. The summed E-state index contributed by atoms with van der Waals surface area (Å²) in [6.07, 6.45) is 5.11. The molecule has 0 spiro atoms. The van der Waals surface area contributed by atoms with E-state index in [0.717, 1.165) is 46.0 Å². The summed E-state index contributed by atoms with van der Waals surface area (Å²) in [7, 11) is 0. The van der Waals surface area contributed by atoms with Crippen molar-refractivity contribution in [2.75, 3.05) is 125 Å². The average molecular weight is 1290 g/mol. The lowest BCUT2D eigenvalue weighted by molar-refractivity contribution is -0.172. The monoisotopic (exact) mass is 1290 g/mol. The molecule has 502 valence electrons. The van der Waals surface area contributed by atoms with Crippen LogP contribution in [0.25, 0.3) is 22.3 Å². The number of nitrogens with zero attached hydrogens (tertiary/aromatic N) is 2. The summed E-state index contributed by atoms with van der Waals surface area (Å²) < 4.78 is 50.8. The van der Waals surface area contributed by atoms with Gasteiger partial charge in [-0.05, 0) is 85.1 Å². The van der Waals surface area contributed by atoms with E-state index < -0.39 is 35.2 Å². The van der Waals surface area contributed by atoms with Gasteiger partial charge in [-0.15, -0.1) is 0 Å². The van der Waals surface area contributed by atoms with Crippen LogP contribution in [0.2, 0.25) is 0 Å². The molecule has 93 heavy (non-hydrogen) atoms. The Kier molecular flexibility index (Phi) is 28.2. The van der Waals surface area contributed by atoms with Gasteiger partial charge in [0.15, 0.2) is 28.7 Å². The number of ether oxygens (including phenoxy) is 9. The van der Waals surface area contributed by atoms with Gasteiger partial charge >= 0.3 is 5.97 Å². The van der Waals surface area contributed by atoms with Gasteiger partial charge in [-0.25, -0.2) is 9.78 Å². The van der Waals surface area contributed by atoms with Crippen LogP contribution in [0.5, 0.6) is 0 Å². The molecule has 0 saturated heterocycles. The number of fused-ring (bicyclic) bond motifs is 5. The SMILES string of the molecule is CC[C@@]1(O)C(=O)OCc2c1cc1n(c2=O)Cc2c-1nc1ccc(CC(=O)CNC(=O)C(CC(=O)CNC(=O)CCC(=O)CCOCCOCCOCCOCCOCCOCCOCCOCCNC(=O)CCC3C(=O)C=CC3=O)Cc3ccccc3)c3c1c2CCC3. The maximum Gasteiger partial charge on any atom is 0.343 e. The predicted octanol–water partition coefficient (Wildman–Crippen LogP) is 2.82. The average Bonchev–Trinajstić information content (AvgIpc) is 1.62. The first-order valence-electron chi connectivity index (χ1n) is 32.1. The van der Waals surface area contributed by atoms with Crippen molar-refractivity contribution in [1.29, 1.82) is 0 Å².